The van der Waals surface area contributed by atoms with Crippen LogP contribution in [0.15, 0.2) is 144 Å². The molecule has 0 atom stereocenters. The number of aryl methyl sites for hydroxylation is 2. The van der Waals surface area contributed by atoms with Gasteiger partial charge < -0.3 is 4.98 Å². The molecule has 2 aliphatic rings. The number of allylic oxidation sites excluding steroid dienone is 2. The smallest absolute Gasteiger partial charge is 0.0762 e. The van der Waals surface area contributed by atoms with Crippen LogP contribution >= 0.6 is 0 Å². The lowest BCUT2D eigenvalue weighted by atomic mass is 9.82. The van der Waals surface area contributed by atoms with E-state index >= 15 is 0 Å². The Morgan fingerprint density at radius 2 is 1.13 bits per heavy atom. The summed E-state index contributed by atoms with van der Waals surface area (Å²) in [4.78, 5) is 8.82. The summed E-state index contributed by atoms with van der Waals surface area (Å²) in [6.07, 6.45) is 2.19. The summed E-state index contributed by atoms with van der Waals surface area (Å²) in [7, 11) is 0. The largest absolute Gasteiger partial charge is 0.358 e. The fourth-order valence-electron chi connectivity index (χ4n) is 8.13. The lowest BCUT2D eigenvalue weighted by Crippen LogP contribution is -1.98. The number of aromatic amines is 1. The molecule has 2 heterocycles. The Balaban J connectivity index is 1.45. The van der Waals surface area contributed by atoms with Crippen LogP contribution in [0.3, 0.4) is 0 Å². The second kappa shape index (κ2) is 10.4. The molecule has 1 aliphatic carbocycles. The normalized spacial score (nSPS) is 14.5. The van der Waals surface area contributed by atoms with Gasteiger partial charge in [0.05, 0.1) is 11.4 Å². The molecule has 1 N–H and O–H groups in total. The number of fused-ring (bicyclic) bond motifs is 4. The lowest BCUT2D eigenvalue weighted by molar-refractivity contribution is 1.21. The third-order valence-corrected chi connectivity index (χ3v) is 9.91. The Morgan fingerprint density at radius 3 is 1.68 bits per heavy atom. The number of hydrogen-bond donors (Lipinski definition) is 1. The molecule has 0 saturated carbocycles. The van der Waals surface area contributed by atoms with Crippen molar-refractivity contribution in [2.24, 2.45) is 4.99 Å². The van der Waals surface area contributed by atoms with Gasteiger partial charge in [0, 0.05) is 17.0 Å². The molecule has 9 rings (SSSR count). The predicted molar refractivity (Wildman–Crippen MR) is 200 cm³/mol. The minimum absolute atomic E-state index is 1.04. The molecule has 0 unspecified atom stereocenters. The number of rotatable bonds is 4. The number of benzene rings is 6. The van der Waals surface area contributed by atoms with Crippen molar-refractivity contribution in [3.05, 3.63) is 161 Å². The molecule has 1 aromatic heterocycles. The first-order valence-electron chi connectivity index (χ1n) is 16.4. The molecular formula is C45H34N2. The standard InChI is InChI=1S/C45H34N2/c1-26-24-28(3)46-44(26)43(45-27(2)25-29(4)47-45)35-22-23-37-40-34(35)20-13-21-36(40)41-38(30-14-7-5-8-15-30)32-18-11-12-19-33(32)39(42(37)41)31-16-9-6-10-17-31/h5-25,46H,1-4H3/b45-43-. The number of aromatic nitrogens is 1. The molecule has 2 heteroatoms. The van der Waals surface area contributed by atoms with Crippen LogP contribution in [0.1, 0.15) is 36.4 Å². The van der Waals surface area contributed by atoms with Crippen LogP contribution in [0, 0.1) is 13.8 Å². The third kappa shape index (κ3) is 4.08. The maximum Gasteiger partial charge on any atom is 0.0762 e. The highest BCUT2D eigenvalue weighted by atomic mass is 14.8. The monoisotopic (exact) mass is 602 g/mol. The second-order valence-corrected chi connectivity index (χ2v) is 13.0. The van der Waals surface area contributed by atoms with Crippen molar-refractivity contribution in [1.82, 2.24) is 4.98 Å². The van der Waals surface area contributed by atoms with Crippen LogP contribution in [0.5, 0.6) is 0 Å². The van der Waals surface area contributed by atoms with Crippen LogP contribution in [0.4, 0.5) is 0 Å². The van der Waals surface area contributed by atoms with Crippen LogP contribution in [-0.4, -0.2) is 10.7 Å². The second-order valence-electron chi connectivity index (χ2n) is 13.0. The first-order chi connectivity index (χ1) is 23.0. The number of aliphatic imine (C=N–C) groups is 1. The van der Waals surface area contributed by atoms with Crippen LogP contribution in [-0.2, 0) is 0 Å². The summed E-state index contributed by atoms with van der Waals surface area (Å²) in [6.45, 7) is 8.60. The zero-order chi connectivity index (χ0) is 31.8. The van der Waals surface area contributed by atoms with E-state index in [-0.39, 0.29) is 0 Å². The van der Waals surface area contributed by atoms with Gasteiger partial charge in [-0.25, -0.2) is 0 Å². The van der Waals surface area contributed by atoms with Gasteiger partial charge >= 0.3 is 0 Å². The topological polar surface area (TPSA) is 28.1 Å². The summed E-state index contributed by atoms with van der Waals surface area (Å²) in [6, 6.07) is 44.6. The van der Waals surface area contributed by atoms with E-state index in [1.165, 1.54) is 82.8 Å². The van der Waals surface area contributed by atoms with Gasteiger partial charge in [-0.3, -0.25) is 4.99 Å². The molecule has 0 radical (unpaired) electrons. The SMILES string of the molecule is CC1=CC(C)=N/C1=C(\c1[nH]c(C)cc1C)c1ccc2c3c(cccc13)-c1c-2c(-c2ccccc2)c2ccccc2c1-c1ccccc1. The molecule has 1 aliphatic heterocycles. The molecule has 224 valence electrons. The molecule has 7 aromatic rings. The van der Waals surface area contributed by atoms with Crippen molar-refractivity contribution >= 4 is 32.8 Å². The van der Waals surface area contributed by atoms with Gasteiger partial charge in [-0.1, -0.05) is 115 Å². The predicted octanol–water partition coefficient (Wildman–Crippen LogP) is 12.1. The van der Waals surface area contributed by atoms with E-state index in [1.807, 2.05) is 0 Å². The van der Waals surface area contributed by atoms with E-state index in [9.17, 15) is 0 Å². The average Bonchev–Trinajstić information content (AvgIpc) is 3.73. The minimum Gasteiger partial charge on any atom is -0.358 e. The van der Waals surface area contributed by atoms with Gasteiger partial charge in [-0.15, -0.1) is 0 Å². The zero-order valence-electron chi connectivity index (χ0n) is 27.1. The van der Waals surface area contributed by atoms with Crippen LogP contribution in [0.2, 0.25) is 0 Å². The zero-order valence-corrected chi connectivity index (χ0v) is 27.1. The van der Waals surface area contributed by atoms with Crippen molar-refractivity contribution < 1.29 is 0 Å². The lowest BCUT2D eigenvalue weighted by Gasteiger charge is -2.20. The number of nitrogens with one attached hydrogen (secondary N) is 1. The molecule has 0 amide bonds. The molecular weight excluding hydrogens is 569 g/mol. The maximum atomic E-state index is 5.11. The van der Waals surface area contributed by atoms with Crippen molar-refractivity contribution in [3.63, 3.8) is 0 Å². The fourth-order valence-corrected chi connectivity index (χ4v) is 8.13. The van der Waals surface area contributed by atoms with Crippen molar-refractivity contribution in [2.45, 2.75) is 27.7 Å². The number of nitrogens with zero attached hydrogens (tertiary/aromatic N) is 1. The Hall–Kier alpha value is -5.73. The Bertz CT molecular complexity index is 2430. The van der Waals surface area contributed by atoms with Crippen molar-refractivity contribution in [3.8, 4) is 44.5 Å². The van der Waals surface area contributed by atoms with E-state index in [4.69, 9.17) is 4.99 Å². The van der Waals surface area contributed by atoms with Crippen LogP contribution < -0.4 is 0 Å². The Kier molecular flexibility index (Phi) is 6.10. The highest BCUT2D eigenvalue weighted by Gasteiger charge is 2.32. The quantitative estimate of drug-likeness (QED) is 0.208. The Labute approximate surface area is 275 Å². The van der Waals surface area contributed by atoms with E-state index in [2.05, 4.69) is 160 Å². The van der Waals surface area contributed by atoms with E-state index in [0.717, 1.165) is 28.4 Å². The van der Waals surface area contributed by atoms with Crippen molar-refractivity contribution in [1.29, 1.82) is 0 Å². The first-order valence-corrected chi connectivity index (χ1v) is 16.4. The molecule has 0 fully saturated rings. The van der Waals surface area contributed by atoms with Crippen molar-refractivity contribution in [2.75, 3.05) is 0 Å². The average molecular weight is 603 g/mol. The minimum atomic E-state index is 1.04. The summed E-state index contributed by atoms with van der Waals surface area (Å²) in [5.74, 6) is 0. The van der Waals surface area contributed by atoms with Gasteiger partial charge in [0.2, 0.25) is 0 Å². The van der Waals surface area contributed by atoms with Gasteiger partial charge in [0.1, 0.15) is 0 Å². The van der Waals surface area contributed by atoms with E-state index in [1.54, 1.807) is 0 Å². The summed E-state index contributed by atoms with van der Waals surface area (Å²) in [5.41, 5.74) is 19.5. The highest BCUT2D eigenvalue weighted by molar-refractivity contribution is 6.28. The van der Waals surface area contributed by atoms with Crippen LogP contribution in [0.25, 0.3) is 71.6 Å². The summed E-state index contributed by atoms with van der Waals surface area (Å²) >= 11 is 0. The maximum absolute atomic E-state index is 5.11. The van der Waals surface area contributed by atoms with Gasteiger partial charge in [0.15, 0.2) is 0 Å². The molecule has 47 heavy (non-hydrogen) atoms. The summed E-state index contributed by atoms with van der Waals surface area (Å²) in [5, 5.41) is 5.11. The fraction of sp³-hybridized carbons (Fsp3) is 0.0889. The van der Waals surface area contributed by atoms with E-state index in [0.29, 0.717) is 0 Å². The number of H-pyrrole nitrogens is 1. The molecule has 2 nitrogen and oxygen atoms in total. The molecule has 0 spiro atoms. The van der Waals surface area contributed by atoms with Gasteiger partial charge in [0.25, 0.3) is 0 Å². The molecule has 0 bridgehead atoms. The first kappa shape index (κ1) is 27.6. The Morgan fingerprint density at radius 1 is 0.553 bits per heavy atom. The third-order valence-electron chi connectivity index (χ3n) is 9.91. The molecule has 0 saturated heterocycles. The highest BCUT2D eigenvalue weighted by Crippen LogP contribution is 2.58. The molecule has 6 aromatic carbocycles. The summed E-state index contributed by atoms with van der Waals surface area (Å²) < 4.78 is 0. The number of hydrogen-bond acceptors (Lipinski definition) is 1. The van der Waals surface area contributed by atoms with Gasteiger partial charge in [-0.2, -0.15) is 0 Å². The van der Waals surface area contributed by atoms with E-state index < -0.39 is 0 Å². The van der Waals surface area contributed by atoms with Gasteiger partial charge in [-0.05, 0) is 123 Å².